The number of rotatable bonds is 6. The van der Waals surface area contributed by atoms with Crippen LogP contribution in [0.5, 0.6) is 0 Å². The molecule has 0 saturated carbocycles. The molecule has 6 heteroatoms. The number of nitrogens with one attached hydrogen (secondary N) is 1. The highest BCUT2D eigenvalue weighted by molar-refractivity contribution is 9.10. The third kappa shape index (κ3) is 3.65. The van der Waals surface area contributed by atoms with E-state index in [4.69, 9.17) is 4.74 Å². The number of aryl methyl sites for hydroxylation is 1. The Hall–Kier alpha value is -1.24. The predicted octanol–water partition coefficient (Wildman–Crippen LogP) is 2.72. The molecule has 1 aromatic carbocycles. The molecular formula is C14H17BrFN3O. The Bertz CT molecular complexity index is 586. The van der Waals surface area contributed by atoms with Crippen LogP contribution in [0.1, 0.15) is 5.56 Å². The van der Waals surface area contributed by atoms with Crippen molar-refractivity contribution in [2.24, 2.45) is 7.05 Å². The van der Waals surface area contributed by atoms with Gasteiger partial charge in [-0.15, -0.1) is 0 Å². The lowest BCUT2D eigenvalue weighted by atomic mass is 10.1. The standard InChI is InChI=1S/C14H17BrFN3O/c1-19-9-11(8-17-5-6-20-2)14(18-19)10-3-4-13(16)12(15)7-10/h3-4,7,9,17H,5-6,8H2,1-2H3. The van der Waals surface area contributed by atoms with Crippen LogP contribution in [-0.2, 0) is 18.3 Å². The van der Waals surface area contributed by atoms with Gasteiger partial charge in [-0.1, -0.05) is 0 Å². The highest BCUT2D eigenvalue weighted by Gasteiger charge is 2.11. The van der Waals surface area contributed by atoms with Crippen molar-refractivity contribution >= 4 is 15.9 Å². The number of aromatic nitrogens is 2. The lowest BCUT2D eigenvalue weighted by molar-refractivity contribution is 0.199. The molecule has 2 rings (SSSR count). The number of hydrogen-bond donors (Lipinski definition) is 1. The highest BCUT2D eigenvalue weighted by Crippen LogP contribution is 2.26. The number of ether oxygens (including phenoxy) is 1. The number of hydrogen-bond acceptors (Lipinski definition) is 3. The first-order valence-electron chi connectivity index (χ1n) is 6.29. The summed E-state index contributed by atoms with van der Waals surface area (Å²) in [6, 6.07) is 4.92. The van der Waals surface area contributed by atoms with Gasteiger partial charge in [-0.25, -0.2) is 4.39 Å². The molecule has 2 aromatic rings. The SMILES string of the molecule is COCCNCc1cn(C)nc1-c1ccc(F)c(Br)c1. The summed E-state index contributed by atoms with van der Waals surface area (Å²) in [5, 5.41) is 7.74. The maximum Gasteiger partial charge on any atom is 0.137 e. The van der Waals surface area contributed by atoms with Gasteiger partial charge in [0.2, 0.25) is 0 Å². The van der Waals surface area contributed by atoms with Gasteiger partial charge in [-0.2, -0.15) is 5.10 Å². The molecule has 20 heavy (non-hydrogen) atoms. The normalized spacial score (nSPS) is 11.0. The fraction of sp³-hybridized carbons (Fsp3) is 0.357. The van der Waals surface area contributed by atoms with E-state index < -0.39 is 0 Å². The quantitative estimate of drug-likeness (QED) is 0.821. The zero-order valence-electron chi connectivity index (χ0n) is 11.5. The molecule has 0 aliphatic rings. The van der Waals surface area contributed by atoms with Gasteiger partial charge in [-0.05, 0) is 34.1 Å². The molecule has 0 fully saturated rings. The fourth-order valence-electron chi connectivity index (χ4n) is 1.95. The second kappa shape index (κ2) is 6.97. The first kappa shape index (κ1) is 15.2. The van der Waals surface area contributed by atoms with E-state index in [1.54, 1.807) is 23.9 Å². The van der Waals surface area contributed by atoms with Crippen LogP contribution in [0.4, 0.5) is 4.39 Å². The van der Waals surface area contributed by atoms with Crippen LogP contribution in [0.2, 0.25) is 0 Å². The van der Waals surface area contributed by atoms with Gasteiger partial charge in [0.05, 0.1) is 16.8 Å². The van der Waals surface area contributed by atoms with E-state index in [2.05, 4.69) is 26.3 Å². The Kier molecular flexibility index (Phi) is 5.28. The molecule has 0 atom stereocenters. The van der Waals surface area contributed by atoms with E-state index in [0.29, 0.717) is 17.6 Å². The maximum absolute atomic E-state index is 13.3. The molecule has 0 spiro atoms. The minimum absolute atomic E-state index is 0.274. The van der Waals surface area contributed by atoms with E-state index in [-0.39, 0.29) is 5.82 Å². The molecule has 0 unspecified atom stereocenters. The van der Waals surface area contributed by atoms with Gasteiger partial charge in [0.15, 0.2) is 0 Å². The summed E-state index contributed by atoms with van der Waals surface area (Å²) >= 11 is 3.21. The van der Waals surface area contributed by atoms with Crippen LogP contribution in [-0.4, -0.2) is 30.0 Å². The van der Waals surface area contributed by atoms with Crippen LogP contribution >= 0.6 is 15.9 Å². The summed E-state index contributed by atoms with van der Waals surface area (Å²) in [5.74, 6) is -0.274. The molecule has 1 heterocycles. The van der Waals surface area contributed by atoms with E-state index >= 15 is 0 Å². The molecule has 0 saturated heterocycles. The van der Waals surface area contributed by atoms with E-state index in [0.717, 1.165) is 23.4 Å². The minimum atomic E-state index is -0.274. The molecule has 0 aliphatic carbocycles. The van der Waals surface area contributed by atoms with Crippen molar-refractivity contribution in [2.45, 2.75) is 6.54 Å². The van der Waals surface area contributed by atoms with E-state index in [9.17, 15) is 4.39 Å². The Morgan fingerprint density at radius 2 is 2.25 bits per heavy atom. The smallest absolute Gasteiger partial charge is 0.137 e. The van der Waals surface area contributed by atoms with Crippen molar-refractivity contribution in [3.63, 3.8) is 0 Å². The average Bonchev–Trinajstić information content (AvgIpc) is 2.79. The number of methoxy groups -OCH3 is 1. The predicted molar refractivity (Wildman–Crippen MR) is 79.9 cm³/mol. The Morgan fingerprint density at radius 3 is 2.95 bits per heavy atom. The summed E-state index contributed by atoms with van der Waals surface area (Å²) in [6.07, 6.45) is 1.96. The van der Waals surface area contributed by atoms with Gasteiger partial charge < -0.3 is 10.1 Å². The summed E-state index contributed by atoms with van der Waals surface area (Å²) in [5.41, 5.74) is 2.82. The van der Waals surface area contributed by atoms with Crippen molar-refractivity contribution in [1.29, 1.82) is 0 Å². The number of nitrogens with zero attached hydrogens (tertiary/aromatic N) is 2. The highest BCUT2D eigenvalue weighted by atomic mass is 79.9. The van der Waals surface area contributed by atoms with Crippen LogP contribution in [0.3, 0.4) is 0 Å². The third-order valence-corrected chi connectivity index (χ3v) is 3.50. The van der Waals surface area contributed by atoms with Gasteiger partial charge >= 0.3 is 0 Å². The first-order chi connectivity index (χ1) is 9.61. The molecule has 0 amide bonds. The van der Waals surface area contributed by atoms with Gasteiger partial charge in [0.1, 0.15) is 5.82 Å². The van der Waals surface area contributed by atoms with Crippen LogP contribution in [0.25, 0.3) is 11.3 Å². The molecule has 1 aromatic heterocycles. The largest absolute Gasteiger partial charge is 0.383 e. The molecule has 0 bridgehead atoms. The zero-order valence-corrected chi connectivity index (χ0v) is 13.1. The molecule has 0 aliphatic heterocycles. The first-order valence-corrected chi connectivity index (χ1v) is 7.08. The molecule has 108 valence electrons. The summed E-state index contributed by atoms with van der Waals surface area (Å²) in [4.78, 5) is 0. The maximum atomic E-state index is 13.3. The number of benzene rings is 1. The van der Waals surface area contributed by atoms with E-state index in [1.165, 1.54) is 6.07 Å². The van der Waals surface area contributed by atoms with Crippen molar-refractivity contribution in [3.05, 3.63) is 40.2 Å². The summed E-state index contributed by atoms with van der Waals surface area (Å²) in [7, 11) is 3.55. The van der Waals surface area contributed by atoms with Crippen molar-refractivity contribution in [2.75, 3.05) is 20.3 Å². The molecule has 4 nitrogen and oxygen atoms in total. The second-order valence-electron chi connectivity index (χ2n) is 4.48. The zero-order chi connectivity index (χ0) is 14.5. The second-order valence-corrected chi connectivity index (χ2v) is 5.33. The van der Waals surface area contributed by atoms with Gasteiger partial charge in [0.25, 0.3) is 0 Å². The average molecular weight is 342 g/mol. The van der Waals surface area contributed by atoms with Gasteiger partial charge in [-0.3, -0.25) is 4.68 Å². The topological polar surface area (TPSA) is 39.1 Å². The van der Waals surface area contributed by atoms with Crippen molar-refractivity contribution in [1.82, 2.24) is 15.1 Å². The fourth-order valence-corrected chi connectivity index (χ4v) is 2.33. The van der Waals surface area contributed by atoms with Crippen molar-refractivity contribution < 1.29 is 9.13 Å². The number of halogens is 2. The lowest BCUT2D eigenvalue weighted by Crippen LogP contribution is -2.18. The summed E-state index contributed by atoms with van der Waals surface area (Å²) in [6.45, 7) is 2.14. The Labute approximate surface area is 126 Å². The lowest BCUT2D eigenvalue weighted by Gasteiger charge is -2.05. The Balaban J connectivity index is 2.20. The third-order valence-electron chi connectivity index (χ3n) is 2.90. The van der Waals surface area contributed by atoms with Crippen LogP contribution in [0, 0.1) is 5.82 Å². The summed E-state index contributed by atoms with van der Waals surface area (Å²) < 4.78 is 20.5. The van der Waals surface area contributed by atoms with Crippen molar-refractivity contribution in [3.8, 4) is 11.3 Å². The molecule has 0 radical (unpaired) electrons. The molecular weight excluding hydrogens is 325 g/mol. The van der Waals surface area contributed by atoms with Gasteiger partial charge in [0, 0.05) is 44.6 Å². The van der Waals surface area contributed by atoms with Crippen LogP contribution < -0.4 is 5.32 Å². The molecule has 1 N–H and O–H groups in total. The monoisotopic (exact) mass is 341 g/mol. The minimum Gasteiger partial charge on any atom is -0.383 e. The van der Waals surface area contributed by atoms with Crippen LogP contribution in [0.15, 0.2) is 28.9 Å². The van der Waals surface area contributed by atoms with E-state index in [1.807, 2.05) is 13.2 Å². The Morgan fingerprint density at radius 1 is 1.45 bits per heavy atom.